The number of aryl methyl sites for hydroxylation is 1. The predicted molar refractivity (Wildman–Crippen MR) is 145 cm³/mol. The molecule has 5 rings (SSSR count). The number of nitrogens with two attached hydrogens (primary N) is 1. The first-order valence-corrected chi connectivity index (χ1v) is 12.5. The number of anilines is 2. The molecule has 0 bridgehead atoms. The highest BCUT2D eigenvalue weighted by Crippen LogP contribution is 2.39. The van der Waals surface area contributed by atoms with Crippen molar-refractivity contribution < 1.29 is 18.7 Å². The molecule has 2 aromatic carbocycles. The maximum Gasteiger partial charge on any atom is 0.274 e. The van der Waals surface area contributed by atoms with Gasteiger partial charge < -0.3 is 26.0 Å². The van der Waals surface area contributed by atoms with E-state index in [1.165, 1.54) is 31.5 Å². The van der Waals surface area contributed by atoms with Gasteiger partial charge in [-0.15, -0.1) is 0 Å². The molecule has 3 heterocycles. The number of carbonyl (C=O) groups is 2. The number of ether oxygens (including phenoxy) is 1. The van der Waals surface area contributed by atoms with Gasteiger partial charge >= 0.3 is 0 Å². The fraction of sp³-hybridized carbons (Fsp3) is 0.296. The van der Waals surface area contributed by atoms with Crippen LogP contribution in [-0.4, -0.2) is 64.9 Å². The number of amides is 2. The predicted octanol–water partition coefficient (Wildman–Crippen LogP) is 2.72. The van der Waals surface area contributed by atoms with Crippen LogP contribution in [0, 0.1) is 5.82 Å². The Labute approximate surface area is 224 Å². The monoisotopic (exact) mass is 532 g/mol. The summed E-state index contributed by atoms with van der Waals surface area (Å²) in [5, 5.41) is 10.7. The van der Waals surface area contributed by atoms with Crippen molar-refractivity contribution in [1.29, 1.82) is 0 Å². The molecule has 0 aliphatic carbocycles. The molecule has 1 fully saturated rings. The van der Waals surface area contributed by atoms with Crippen LogP contribution in [0.3, 0.4) is 0 Å². The van der Waals surface area contributed by atoms with Crippen molar-refractivity contribution in [3.63, 3.8) is 0 Å². The van der Waals surface area contributed by atoms with Crippen LogP contribution in [0.2, 0.25) is 0 Å². The third-order valence-electron chi connectivity index (χ3n) is 6.79. The average molecular weight is 533 g/mol. The molecular formula is C27H29FN8O3. The summed E-state index contributed by atoms with van der Waals surface area (Å²) in [6.07, 6.45) is 4.84. The Hall–Kier alpha value is -4.58. The number of hydrogen-bond acceptors (Lipinski definition) is 8. The third kappa shape index (κ3) is 4.86. The summed E-state index contributed by atoms with van der Waals surface area (Å²) in [6, 6.07) is 7.41. The molecule has 1 saturated heterocycles. The maximum atomic E-state index is 14.7. The lowest BCUT2D eigenvalue weighted by atomic mass is 10.0. The number of piperidine rings is 1. The minimum Gasteiger partial charge on any atom is -0.496 e. The summed E-state index contributed by atoms with van der Waals surface area (Å²) < 4.78 is 21.6. The van der Waals surface area contributed by atoms with E-state index in [9.17, 15) is 14.0 Å². The second-order valence-electron chi connectivity index (χ2n) is 9.31. The highest BCUT2D eigenvalue weighted by molar-refractivity contribution is 6.15. The first kappa shape index (κ1) is 26.0. The fourth-order valence-electron chi connectivity index (χ4n) is 5.00. The molecule has 0 radical (unpaired) electrons. The summed E-state index contributed by atoms with van der Waals surface area (Å²) in [4.78, 5) is 37.0. The van der Waals surface area contributed by atoms with Crippen LogP contribution in [0.25, 0.3) is 22.3 Å². The number of rotatable bonds is 6. The number of fused-ring (bicyclic) bond motifs is 1. The zero-order valence-corrected chi connectivity index (χ0v) is 21.9. The highest BCUT2D eigenvalue weighted by Gasteiger charge is 2.27. The minimum absolute atomic E-state index is 0.00795. The smallest absolute Gasteiger partial charge is 0.274 e. The van der Waals surface area contributed by atoms with E-state index in [1.807, 2.05) is 0 Å². The second kappa shape index (κ2) is 10.7. The molecule has 1 aliphatic heterocycles. The van der Waals surface area contributed by atoms with Crippen molar-refractivity contribution in [3.8, 4) is 17.1 Å². The molecule has 4 aromatic rings. The number of nitrogens with zero attached hydrogens (tertiary/aromatic N) is 5. The number of halogens is 1. The van der Waals surface area contributed by atoms with Crippen LogP contribution in [0.1, 0.15) is 33.7 Å². The van der Waals surface area contributed by atoms with E-state index in [0.29, 0.717) is 28.7 Å². The molecule has 4 N–H and O–H groups in total. The van der Waals surface area contributed by atoms with Crippen molar-refractivity contribution in [2.45, 2.75) is 18.9 Å². The van der Waals surface area contributed by atoms with Crippen LogP contribution in [0.15, 0.2) is 42.7 Å². The Kier molecular flexibility index (Phi) is 7.11. The van der Waals surface area contributed by atoms with Gasteiger partial charge in [0.2, 0.25) is 0 Å². The largest absolute Gasteiger partial charge is 0.496 e. The lowest BCUT2D eigenvalue weighted by molar-refractivity contribution is 0.0962. The Morgan fingerprint density at radius 1 is 1.23 bits per heavy atom. The SMILES string of the molecule is CNC(=O)c1cc(NC(=O)c2ccnc(-c3c(F)cccc3OC)n2)c(N2CCC[C@@H](N)C2)c2cnn(C)c12. The summed E-state index contributed by atoms with van der Waals surface area (Å²) in [5.74, 6) is -1.20. The first-order chi connectivity index (χ1) is 18.8. The highest BCUT2D eigenvalue weighted by atomic mass is 19.1. The molecule has 1 aliphatic rings. The van der Waals surface area contributed by atoms with Crippen LogP contribution in [0.5, 0.6) is 5.75 Å². The van der Waals surface area contributed by atoms with E-state index in [1.54, 1.807) is 37.1 Å². The Balaban J connectivity index is 1.60. The van der Waals surface area contributed by atoms with E-state index in [-0.39, 0.29) is 34.8 Å². The molecule has 0 spiro atoms. The summed E-state index contributed by atoms with van der Waals surface area (Å²) in [5.41, 5.74) is 8.48. The van der Waals surface area contributed by atoms with Crippen molar-refractivity contribution in [2.75, 3.05) is 37.5 Å². The van der Waals surface area contributed by atoms with Gasteiger partial charge in [-0.3, -0.25) is 14.3 Å². The molecule has 39 heavy (non-hydrogen) atoms. The van der Waals surface area contributed by atoms with Gasteiger partial charge in [0.15, 0.2) is 5.82 Å². The first-order valence-electron chi connectivity index (χ1n) is 12.5. The fourth-order valence-corrected chi connectivity index (χ4v) is 5.00. The van der Waals surface area contributed by atoms with Crippen LogP contribution < -0.4 is 26.0 Å². The molecule has 0 unspecified atom stereocenters. The van der Waals surface area contributed by atoms with Gasteiger partial charge in [-0.2, -0.15) is 5.10 Å². The Morgan fingerprint density at radius 2 is 2.05 bits per heavy atom. The van der Waals surface area contributed by atoms with Crippen molar-refractivity contribution in [2.24, 2.45) is 12.8 Å². The van der Waals surface area contributed by atoms with Gasteiger partial charge in [0.1, 0.15) is 17.3 Å². The molecule has 2 aromatic heterocycles. The van der Waals surface area contributed by atoms with Gasteiger partial charge in [-0.05, 0) is 37.1 Å². The van der Waals surface area contributed by atoms with E-state index in [4.69, 9.17) is 10.5 Å². The number of benzene rings is 2. The average Bonchev–Trinajstić information content (AvgIpc) is 3.32. The third-order valence-corrected chi connectivity index (χ3v) is 6.79. The Morgan fingerprint density at radius 3 is 2.79 bits per heavy atom. The summed E-state index contributed by atoms with van der Waals surface area (Å²) >= 11 is 0. The molecule has 2 amide bonds. The topological polar surface area (TPSA) is 140 Å². The second-order valence-corrected chi connectivity index (χ2v) is 9.31. The number of nitrogens with one attached hydrogen (secondary N) is 2. The van der Waals surface area contributed by atoms with Crippen LogP contribution in [0.4, 0.5) is 15.8 Å². The molecular weight excluding hydrogens is 503 g/mol. The molecule has 202 valence electrons. The number of carbonyl (C=O) groups excluding carboxylic acids is 2. The van der Waals surface area contributed by atoms with Crippen molar-refractivity contribution in [1.82, 2.24) is 25.1 Å². The standard InChI is InChI=1S/C27H29FN8O3/c1-30-26(37)16-12-20(24(17-13-32-35(2)23(16)17)36-11-5-6-15(29)14-36)34-27(38)19-9-10-31-25(33-19)22-18(28)7-4-8-21(22)39-3/h4,7-10,12-13,15H,5-6,11,14,29H2,1-3H3,(H,30,37)(H,34,38)/t15-/m1/s1. The number of aromatic nitrogens is 4. The molecule has 1 atom stereocenters. The van der Waals surface area contributed by atoms with Gasteiger partial charge in [-0.1, -0.05) is 6.07 Å². The van der Waals surface area contributed by atoms with Crippen LogP contribution >= 0.6 is 0 Å². The summed E-state index contributed by atoms with van der Waals surface area (Å²) in [6.45, 7) is 1.31. The zero-order chi connectivity index (χ0) is 27.7. The minimum atomic E-state index is -0.576. The van der Waals surface area contributed by atoms with Crippen molar-refractivity contribution in [3.05, 3.63) is 59.8 Å². The van der Waals surface area contributed by atoms with Gasteiger partial charge in [0, 0.05) is 44.8 Å². The maximum absolute atomic E-state index is 14.7. The van der Waals surface area contributed by atoms with Gasteiger partial charge in [-0.25, -0.2) is 14.4 Å². The Bertz CT molecular complexity index is 1570. The molecule has 12 heteroatoms. The van der Waals surface area contributed by atoms with Crippen molar-refractivity contribution >= 4 is 34.1 Å². The van der Waals surface area contributed by atoms with Gasteiger partial charge in [0.25, 0.3) is 11.8 Å². The lowest BCUT2D eigenvalue weighted by Crippen LogP contribution is -2.43. The van der Waals surface area contributed by atoms with Gasteiger partial charge in [0.05, 0.1) is 41.3 Å². The van der Waals surface area contributed by atoms with E-state index in [2.05, 4.69) is 30.6 Å². The number of hydrogen-bond donors (Lipinski definition) is 3. The van der Waals surface area contributed by atoms with Crippen LogP contribution in [-0.2, 0) is 7.05 Å². The van der Waals surface area contributed by atoms with E-state index < -0.39 is 11.7 Å². The summed E-state index contributed by atoms with van der Waals surface area (Å²) in [7, 11) is 4.72. The van der Waals surface area contributed by atoms with E-state index >= 15 is 0 Å². The molecule has 11 nitrogen and oxygen atoms in total. The normalized spacial score (nSPS) is 15.3. The lowest BCUT2D eigenvalue weighted by Gasteiger charge is -2.34. The van der Waals surface area contributed by atoms with E-state index in [0.717, 1.165) is 25.1 Å². The number of methoxy groups -OCH3 is 1. The quantitative estimate of drug-likeness (QED) is 0.344. The zero-order valence-electron chi connectivity index (χ0n) is 21.9. The molecule has 0 saturated carbocycles.